The summed E-state index contributed by atoms with van der Waals surface area (Å²) in [4.78, 5) is 33.2. The molecular formula is C53H57FN4O9SSi. The van der Waals surface area contributed by atoms with Crippen LogP contribution in [0.15, 0.2) is 110 Å². The number of rotatable bonds is 21. The third kappa shape index (κ3) is 11.8. The van der Waals surface area contributed by atoms with E-state index < -0.39 is 32.3 Å². The Morgan fingerprint density at radius 2 is 1.65 bits per heavy atom. The van der Waals surface area contributed by atoms with Crippen LogP contribution in [-0.2, 0) is 22.6 Å². The van der Waals surface area contributed by atoms with E-state index in [1.54, 1.807) is 43.6 Å². The van der Waals surface area contributed by atoms with Crippen molar-refractivity contribution in [2.24, 2.45) is 0 Å². The van der Waals surface area contributed by atoms with E-state index >= 15 is 0 Å². The summed E-state index contributed by atoms with van der Waals surface area (Å²) in [5.74, 6) is 1.03. The molecule has 0 radical (unpaired) electrons. The van der Waals surface area contributed by atoms with Crippen molar-refractivity contribution in [3.8, 4) is 61.8 Å². The number of hydrogen-bond acceptors (Lipinski definition) is 13. The van der Waals surface area contributed by atoms with Crippen LogP contribution in [0.3, 0.4) is 0 Å². The summed E-state index contributed by atoms with van der Waals surface area (Å²) in [7, 11) is -0.743. The average Bonchev–Trinajstić information content (AvgIpc) is 3.70. The van der Waals surface area contributed by atoms with Gasteiger partial charge in [-0.25, -0.2) is 29.1 Å². The van der Waals surface area contributed by atoms with Crippen LogP contribution in [0, 0.1) is 19.7 Å². The number of carboxylic acids is 1. The number of halogens is 1. The molecule has 16 heteroatoms. The fourth-order valence-electron chi connectivity index (χ4n) is 7.49. The Kier molecular flexibility index (Phi) is 15.8. The molecule has 0 saturated heterocycles. The van der Waals surface area contributed by atoms with Crippen LogP contribution in [-0.4, -0.2) is 83.6 Å². The van der Waals surface area contributed by atoms with Gasteiger partial charge in [0.25, 0.3) is 0 Å². The van der Waals surface area contributed by atoms with Crippen LogP contribution in [0.1, 0.15) is 43.2 Å². The molecule has 7 aromatic rings. The Labute approximate surface area is 406 Å². The smallest absolute Gasteiger partial charge is 0.345 e. The molecule has 4 aromatic carbocycles. The number of hydrogen-bond donors (Lipinski definition) is 2. The van der Waals surface area contributed by atoms with Gasteiger partial charge in [-0.15, -0.1) is 17.9 Å². The normalized spacial score (nSPS) is 12.6. The lowest BCUT2D eigenvalue weighted by Gasteiger charge is -2.36. The molecule has 2 N–H and O–H groups in total. The predicted molar refractivity (Wildman–Crippen MR) is 269 cm³/mol. The molecule has 3 heterocycles. The molecule has 1 unspecified atom stereocenters. The molecule has 360 valence electrons. The van der Waals surface area contributed by atoms with E-state index in [1.165, 1.54) is 29.8 Å². The van der Waals surface area contributed by atoms with Gasteiger partial charge in [-0.1, -0.05) is 51.1 Å². The van der Waals surface area contributed by atoms with Crippen LogP contribution in [0.4, 0.5) is 4.39 Å². The number of aliphatic hydroxyl groups excluding tert-OH is 1. The summed E-state index contributed by atoms with van der Waals surface area (Å²) in [6.45, 7) is 18.5. The van der Waals surface area contributed by atoms with E-state index in [9.17, 15) is 19.4 Å². The predicted octanol–water partition coefficient (Wildman–Crippen LogP) is 11.2. The van der Waals surface area contributed by atoms with Crippen LogP contribution in [0.25, 0.3) is 43.2 Å². The Balaban J connectivity index is 1.28. The summed E-state index contributed by atoms with van der Waals surface area (Å²) in [5.41, 5.74) is 5.65. The number of carboxylic acid groups (broad SMARTS) is 1. The number of aliphatic hydroxyl groups is 1. The van der Waals surface area contributed by atoms with Crippen molar-refractivity contribution in [3.63, 3.8) is 0 Å². The van der Waals surface area contributed by atoms with E-state index in [0.717, 1.165) is 27.1 Å². The van der Waals surface area contributed by atoms with Gasteiger partial charge in [0.05, 0.1) is 43.6 Å². The molecule has 0 aliphatic heterocycles. The zero-order chi connectivity index (χ0) is 49.5. The molecular weight excluding hydrogens is 916 g/mol. The van der Waals surface area contributed by atoms with Crippen LogP contribution >= 0.6 is 11.3 Å². The summed E-state index contributed by atoms with van der Waals surface area (Å²) in [6.07, 6.45) is 2.39. The molecule has 0 aliphatic carbocycles. The van der Waals surface area contributed by atoms with Crippen molar-refractivity contribution in [2.75, 3.05) is 26.9 Å². The molecule has 0 saturated carbocycles. The number of methoxy groups -OCH3 is 1. The minimum atomic E-state index is -2.33. The number of aryl methyl sites for hydroxylation is 2. The molecule has 0 amide bonds. The Bertz CT molecular complexity index is 2920. The van der Waals surface area contributed by atoms with E-state index in [-0.39, 0.29) is 37.2 Å². The van der Waals surface area contributed by atoms with Crippen LogP contribution < -0.4 is 23.4 Å². The number of ether oxygens (including phenoxy) is 5. The largest absolute Gasteiger partial charge is 0.543 e. The molecule has 0 aliphatic rings. The lowest BCUT2D eigenvalue weighted by atomic mass is 9.92. The number of carbonyl (C=O) groups is 1. The van der Waals surface area contributed by atoms with E-state index in [1.807, 2.05) is 62.4 Å². The first-order chi connectivity index (χ1) is 33.0. The number of nitrogens with zero attached hydrogens (tertiary/aromatic N) is 4. The highest BCUT2D eigenvalue weighted by atomic mass is 32.1. The number of fused-ring (bicyclic) bond motifs is 1. The topological polar surface area (TPSA) is 164 Å². The van der Waals surface area contributed by atoms with Gasteiger partial charge in [0.1, 0.15) is 52.7 Å². The minimum absolute atomic E-state index is 0.0436. The molecule has 69 heavy (non-hydrogen) atoms. The number of aromatic nitrogens is 4. The Morgan fingerprint density at radius 3 is 2.33 bits per heavy atom. The number of thiophene rings is 1. The van der Waals surface area contributed by atoms with Gasteiger partial charge < -0.3 is 38.3 Å². The second-order valence-corrected chi connectivity index (χ2v) is 23.7. The number of aliphatic carboxylic acids is 1. The first-order valence-electron chi connectivity index (χ1n) is 22.4. The van der Waals surface area contributed by atoms with Gasteiger partial charge in [-0.05, 0) is 115 Å². The highest BCUT2D eigenvalue weighted by Crippen LogP contribution is 2.49. The average molecular weight is 973 g/mol. The fourth-order valence-corrected chi connectivity index (χ4v) is 9.66. The molecule has 0 fully saturated rings. The van der Waals surface area contributed by atoms with Gasteiger partial charge in [0, 0.05) is 28.6 Å². The highest BCUT2D eigenvalue weighted by molar-refractivity contribution is 7.22. The highest BCUT2D eigenvalue weighted by Gasteiger charge is 2.39. The summed E-state index contributed by atoms with van der Waals surface area (Å²) in [6, 6.07) is 24.5. The standard InChI is InChI=1S/C53H57FN4O9SSi/c1-10-23-63-30-40(28-59)65-39-24-32(2)45(33(3)25-39)46-47-50(56-31-57-51(47)68-48(46)34-15-17-36(54)18-16-34)66-44(52(60)61)27-35-26-38(67-69(8,9)53(4,5)6)19-20-42(35)64-29-37-21-22-55-49(58-37)41-13-11-12-14-43(41)62-7/h10-22,24-26,31,40,44,59H,1,23,27-30H2,2-9H3,(H,60,61)/t40-,44?/m0/s1. The SMILES string of the molecule is C=CCOC[C@H](CO)Oc1cc(C)c(-c2c(-c3ccc(F)cc3)sc3ncnc(OC(Cc4cc(O[Si](C)(C)C(C)(C)C)ccc4OCc4ccnc(-c5ccccc5OC)n4)C(=O)O)c23)c(C)c1. The molecule has 13 nitrogen and oxygen atoms in total. The van der Waals surface area contributed by atoms with Crippen LogP contribution in [0.2, 0.25) is 18.1 Å². The Hall–Kier alpha value is -6.72. The van der Waals surface area contributed by atoms with E-state index in [0.29, 0.717) is 68.0 Å². The molecule has 2 atom stereocenters. The van der Waals surface area contributed by atoms with Gasteiger partial charge in [-0.2, -0.15) is 0 Å². The summed E-state index contributed by atoms with van der Waals surface area (Å²) in [5, 5.41) is 21.4. The lowest BCUT2D eigenvalue weighted by Crippen LogP contribution is -2.43. The Morgan fingerprint density at radius 1 is 0.913 bits per heavy atom. The molecule has 0 spiro atoms. The van der Waals surface area contributed by atoms with Crippen molar-refractivity contribution < 1.29 is 47.5 Å². The number of benzene rings is 4. The first kappa shape index (κ1) is 50.2. The molecule has 7 rings (SSSR count). The van der Waals surface area contributed by atoms with Crippen molar-refractivity contribution in [2.45, 2.75) is 78.0 Å². The van der Waals surface area contributed by atoms with E-state index in [4.69, 9.17) is 33.1 Å². The minimum Gasteiger partial charge on any atom is -0.543 e. The zero-order valence-corrected chi connectivity index (χ0v) is 41.9. The molecule has 0 bridgehead atoms. The third-order valence-electron chi connectivity index (χ3n) is 11.9. The second kappa shape index (κ2) is 21.7. The van der Waals surface area contributed by atoms with Crippen molar-refractivity contribution in [1.29, 1.82) is 0 Å². The van der Waals surface area contributed by atoms with Gasteiger partial charge in [-0.3, -0.25) is 0 Å². The fraction of sp³-hybridized carbons (Fsp3) is 0.302. The van der Waals surface area contributed by atoms with Crippen molar-refractivity contribution in [1.82, 2.24) is 19.9 Å². The zero-order valence-electron chi connectivity index (χ0n) is 40.0. The first-order valence-corrected chi connectivity index (χ1v) is 26.1. The lowest BCUT2D eigenvalue weighted by molar-refractivity contribution is -0.145. The van der Waals surface area contributed by atoms with Gasteiger partial charge in [0.2, 0.25) is 20.3 Å². The van der Waals surface area contributed by atoms with Gasteiger partial charge in [0.15, 0.2) is 5.82 Å². The quantitative estimate of drug-likeness (QED) is 0.0397. The maximum Gasteiger partial charge on any atom is 0.345 e. The monoisotopic (exact) mass is 972 g/mol. The van der Waals surface area contributed by atoms with E-state index in [2.05, 4.69) is 55.4 Å². The second-order valence-electron chi connectivity index (χ2n) is 18.0. The van der Waals surface area contributed by atoms with Gasteiger partial charge >= 0.3 is 5.97 Å². The summed E-state index contributed by atoms with van der Waals surface area (Å²) >= 11 is 1.36. The van der Waals surface area contributed by atoms with Crippen molar-refractivity contribution in [3.05, 3.63) is 138 Å². The van der Waals surface area contributed by atoms with Crippen molar-refractivity contribution >= 4 is 35.8 Å². The van der Waals surface area contributed by atoms with Crippen LogP contribution in [0.5, 0.6) is 28.9 Å². The molecule has 3 aromatic heterocycles. The maximum absolute atomic E-state index is 14.4. The third-order valence-corrected chi connectivity index (χ3v) is 17.4. The summed E-state index contributed by atoms with van der Waals surface area (Å²) < 4.78 is 51.3. The number of para-hydroxylation sites is 1. The maximum atomic E-state index is 14.4.